The van der Waals surface area contributed by atoms with E-state index in [1.807, 2.05) is 67.5 Å². The van der Waals surface area contributed by atoms with E-state index >= 15 is 0 Å². The Morgan fingerprint density at radius 1 is 1.05 bits per heavy atom. The fraction of sp³-hybridized carbons (Fsp3) is 0.118. The molecule has 2 aromatic rings. The van der Waals surface area contributed by atoms with Gasteiger partial charge in [-0.2, -0.15) is 0 Å². The van der Waals surface area contributed by atoms with E-state index < -0.39 is 0 Å². The lowest BCUT2D eigenvalue weighted by Gasteiger charge is -2.12. The van der Waals surface area contributed by atoms with Crippen LogP contribution in [0.3, 0.4) is 0 Å². The summed E-state index contributed by atoms with van der Waals surface area (Å²) in [6.07, 6.45) is 1.94. The minimum atomic E-state index is -0.0403. The summed E-state index contributed by atoms with van der Waals surface area (Å²) in [4.78, 5) is 14.1. The molecule has 2 aromatic carbocycles. The van der Waals surface area contributed by atoms with Gasteiger partial charge in [0, 0.05) is 36.6 Å². The summed E-state index contributed by atoms with van der Waals surface area (Å²) in [5.74, 6) is -0.0403. The van der Waals surface area contributed by atoms with Gasteiger partial charge in [0.2, 0.25) is 0 Å². The number of hydrogen-bond donors (Lipinski definition) is 1. The summed E-state index contributed by atoms with van der Waals surface area (Å²) in [6.45, 7) is 0. The zero-order chi connectivity index (χ0) is 14.1. The van der Waals surface area contributed by atoms with E-state index in [1.165, 1.54) is 0 Å². The van der Waals surface area contributed by atoms with Crippen LogP contribution in [0.2, 0.25) is 0 Å². The number of hydrogen-bond acceptors (Lipinski definition) is 2. The first-order valence-corrected chi connectivity index (χ1v) is 6.55. The quantitative estimate of drug-likeness (QED) is 0.844. The molecule has 0 aromatic heterocycles. The van der Waals surface area contributed by atoms with Crippen molar-refractivity contribution < 1.29 is 4.79 Å². The number of anilines is 2. The molecule has 1 N–H and O–H groups in total. The predicted octanol–water partition coefficient (Wildman–Crippen LogP) is 3.25. The molecule has 1 aliphatic heterocycles. The van der Waals surface area contributed by atoms with Crippen molar-refractivity contribution in [3.8, 4) is 0 Å². The van der Waals surface area contributed by atoms with Crippen LogP contribution in [0.4, 0.5) is 11.4 Å². The minimum absolute atomic E-state index is 0.0403. The Morgan fingerprint density at radius 3 is 2.65 bits per heavy atom. The second kappa shape index (κ2) is 4.85. The largest absolute Gasteiger partial charge is 0.378 e. The van der Waals surface area contributed by atoms with Gasteiger partial charge in [0.15, 0.2) is 0 Å². The third-order valence-corrected chi connectivity index (χ3v) is 3.41. The fourth-order valence-corrected chi connectivity index (χ4v) is 2.34. The van der Waals surface area contributed by atoms with E-state index in [4.69, 9.17) is 0 Å². The van der Waals surface area contributed by atoms with Gasteiger partial charge in [-0.1, -0.05) is 30.3 Å². The molecule has 0 fully saturated rings. The van der Waals surface area contributed by atoms with Crippen LogP contribution < -0.4 is 10.2 Å². The van der Waals surface area contributed by atoms with Crippen LogP contribution in [0.25, 0.3) is 11.6 Å². The van der Waals surface area contributed by atoms with Crippen LogP contribution in [0.5, 0.6) is 0 Å². The van der Waals surface area contributed by atoms with Gasteiger partial charge in [-0.15, -0.1) is 0 Å². The zero-order valence-electron chi connectivity index (χ0n) is 11.6. The van der Waals surface area contributed by atoms with E-state index in [0.717, 1.165) is 28.1 Å². The van der Waals surface area contributed by atoms with Crippen molar-refractivity contribution in [2.75, 3.05) is 24.3 Å². The van der Waals surface area contributed by atoms with Crippen molar-refractivity contribution in [3.05, 3.63) is 59.7 Å². The lowest BCUT2D eigenvalue weighted by atomic mass is 10.0. The van der Waals surface area contributed by atoms with E-state index in [0.29, 0.717) is 0 Å². The number of carbonyl (C=O) groups is 1. The van der Waals surface area contributed by atoms with E-state index in [9.17, 15) is 4.79 Å². The lowest BCUT2D eigenvalue weighted by Crippen LogP contribution is -2.08. The molecule has 0 unspecified atom stereocenters. The Labute approximate surface area is 118 Å². The first kappa shape index (κ1) is 12.5. The highest BCUT2D eigenvalue weighted by molar-refractivity contribution is 6.34. The molecule has 1 heterocycles. The number of rotatable bonds is 2. The van der Waals surface area contributed by atoms with Crippen molar-refractivity contribution in [2.45, 2.75) is 0 Å². The van der Waals surface area contributed by atoms with Gasteiger partial charge < -0.3 is 10.2 Å². The van der Waals surface area contributed by atoms with Crippen LogP contribution in [0.1, 0.15) is 11.1 Å². The van der Waals surface area contributed by atoms with Crippen molar-refractivity contribution in [1.29, 1.82) is 0 Å². The molecular formula is C17H16N2O. The standard InChI is InChI=1S/C17H16N2O/c1-19(2)13-7-5-6-12(10-13)11-15-14-8-3-4-9-16(14)18-17(15)20/h3-11H,1-2H3,(H,18,20). The zero-order valence-corrected chi connectivity index (χ0v) is 11.6. The lowest BCUT2D eigenvalue weighted by molar-refractivity contribution is -0.110. The van der Waals surface area contributed by atoms with Gasteiger partial charge in [-0.25, -0.2) is 0 Å². The van der Waals surface area contributed by atoms with E-state index in [1.54, 1.807) is 0 Å². The minimum Gasteiger partial charge on any atom is -0.378 e. The van der Waals surface area contributed by atoms with Crippen LogP contribution >= 0.6 is 0 Å². The van der Waals surface area contributed by atoms with Gasteiger partial charge in [0.25, 0.3) is 5.91 Å². The molecule has 0 spiro atoms. The molecule has 1 amide bonds. The fourth-order valence-electron chi connectivity index (χ4n) is 2.34. The maximum atomic E-state index is 12.1. The number of para-hydroxylation sites is 1. The number of nitrogens with zero attached hydrogens (tertiary/aromatic N) is 1. The average molecular weight is 264 g/mol. The molecule has 3 nitrogen and oxygen atoms in total. The van der Waals surface area contributed by atoms with Crippen molar-refractivity contribution in [1.82, 2.24) is 0 Å². The molecule has 0 saturated carbocycles. The molecule has 0 aliphatic carbocycles. The second-order valence-electron chi connectivity index (χ2n) is 5.05. The van der Waals surface area contributed by atoms with Gasteiger partial charge in [0.05, 0.1) is 0 Å². The summed E-state index contributed by atoms with van der Waals surface area (Å²) >= 11 is 0. The molecule has 20 heavy (non-hydrogen) atoms. The number of nitrogens with one attached hydrogen (secondary N) is 1. The molecule has 0 bridgehead atoms. The number of amides is 1. The first-order chi connectivity index (χ1) is 9.65. The highest BCUT2D eigenvalue weighted by Crippen LogP contribution is 2.32. The van der Waals surface area contributed by atoms with Crippen molar-refractivity contribution >= 4 is 28.9 Å². The van der Waals surface area contributed by atoms with Gasteiger partial charge in [-0.3, -0.25) is 4.79 Å². The van der Waals surface area contributed by atoms with Crippen LogP contribution in [-0.2, 0) is 4.79 Å². The smallest absolute Gasteiger partial charge is 0.256 e. The van der Waals surface area contributed by atoms with Gasteiger partial charge >= 0.3 is 0 Å². The summed E-state index contributed by atoms with van der Waals surface area (Å²) < 4.78 is 0. The van der Waals surface area contributed by atoms with Gasteiger partial charge in [-0.05, 0) is 29.8 Å². The van der Waals surface area contributed by atoms with Crippen LogP contribution in [0.15, 0.2) is 48.5 Å². The van der Waals surface area contributed by atoms with Crippen LogP contribution in [0, 0.1) is 0 Å². The molecule has 1 aliphatic rings. The van der Waals surface area contributed by atoms with Gasteiger partial charge in [0.1, 0.15) is 0 Å². The summed E-state index contributed by atoms with van der Waals surface area (Å²) in [7, 11) is 4.01. The van der Waals surface area contributed by atoms with Crippen molar-refractivity contribution in [3.63, 3.8) is 0 Å². The molecule has 0 saturated heterocycles. The highest BCUT2D eigenvalue weighted by Gasteiger charge is 2.23. The van der Waals surface area contributed by atoms with E-state index in [-0.39, 0.29) is 5.91 Å². The summed E-state index contributed by atoms with van der Waals surface area (Å²) in [6, 6.07) is 15.9. The maximum Gasteiger partial charge on any atom is 0.256 e. The monoisotopic (exact) mass is 264 g/mol. The predicted molar refractivity (Wildman–Crippen MR) is 83.7 cm³/mol. The highest BCUT2D eigenvalue weighted by atomic mass is 16.2. The molecule has 3 rings (SSSR count). The number of carbonyl (C=O) groups excluding carboxylic acids is 1. The first-order valence-electron chi connectivity index (χ1n) is 6.55. The molecular weight excluding hydrogens is 248 g/mol. The Morgan fingerprint density at radius 2 is 1.85 bits per heavy atom. The molecule has 0 radical (unpaired) electrons. The Hall–Kier alpha value is -2.55. The Balaban J connectivity index is 2.04. The summed E-state index contributed by atoms with van der Waals surface area (Å²) in [5, 5.41) is 2.89. The maximum absolute atomic E-state index is 12.1. The number of fused-ring (bicyclic) bond motifs is 1. The SMILES string of the molecule is CN(C)c1cccc(C=C2C(=O)Nc3ccccc32)c1. The summed E-state index contributed by atoms with van der Waals surface area (Å²) in [5.41, 5.74) is 4.71. The third-order valence-electron chi connectivity index (χ3n) is 3.41. The normalized spacial score (nSPS) is 15.1. The molecule has 0 atom stereocenters. The van der Waals surface area contributed by atoms with E-state index in [2.05, 4.69) is 11.4 Å². The Bertz CT molecular complexity index is 702. The third kappa shape index (κ3) is 2.18. The molecule has 100 valence electrons. The average Bonchev–Trinajstić information content (AvgIpc) is 2.76. The topological polar surface area (TPSA) is 32.3 Å². The Kier molecular flexibility index (Phi) is 3.03. The van der Waals surface area contributed by atoms with Crippen LogP contribution in [-0.4, -0.2) is 20.0 Å². The number of benzene rings is 2. The molecule has 3 heteroatoms. The second-order valence-corrected chi connectivity index (χ2v) is 5.05. The van der Waals surface area contributed by atoms with Crippen molar-refractivity contribution in [2.24, 2.45) is 0 Å².